The van der Waals surface area contributed by atoms with Crippen molar-refractivity contribution in [2.75, 3.05) is 11.6 Å². The maximum atomic E-state index is 13.5. The summed E-state index contributed by atoms with van der Waals surface area (Å²) in [7, 11) is 0. The molecule has 4 N–H and O–H groups in total. The molecule has 0 saturated carbocycles. The van der Waals surface area contributed by atoms with Gasteiger partial charge in [-0.2, -0.15) is 0 Å². The molecule has 7 nitrogen and oxygen atoms in total. The van der Waals surface area contributed by atoms with Gasteiger partial charge in [-0.1, -0.05) is 23.2 Å². The molecule has 1 atom stereocenters. The monoisotopic (exact) mass is 428 g/mol. The molecule has 1 unspecified atom stereocenters. The lowest BCUT2D eigenvalue weighted by atomic mass is 10.0. The number of rotatable bonds is 3. The molecule has 0 bridgehead atoms. The van der Waals surface area contributed by atoms with E-state index in [4.69, 9.17) is 34.8 Å². The van der Waals surface area contributed by atoms with Crippen LogP contribution in [0.15, 0.2) is 35.9 Å². The smallest absolute Gasteiger partial charge is 0.256 e. The number of nitrogens with zero attached hydrogens (tertiary/aromatic N) is 4. The molecule has 1 aromatic heterocycles. The fourth-order valence-electron chi connectivity index (χ4n) is 2.87. The molecule has 3 rings (SSSR count). The number of carbonyl (C=O) groups excluding carboxylic acids is 1. The number of hydrogen-bond acceptors (Lipinski definition) is 6. The molecule has 1 aromatic carbocycles. The van der Waals surface area contributed by atoms with Crippen LogP contribution in [0.1, 0.15) is 23.7 Å². The molecule has 148 valence electrons. The van der Waals surface area contributed by atoms with Gasteiger partial charge in [-0.05, 0) is 19.1 Å². The first-order valence-electron chi connectivity index (χ1n) is 8.15. The molecule has 0 fully saturated rings. The van der Waals surface area contributed by atoms with Crippen LogP contribution in [0.4, 0.5) is 14.7 Å². The molecule has 2 heterocycles. The first kappa shape index (κ1) is 20.2. The molecular formula is C17H16Cl2F2N6O. The standard InChI is InChI=1S/C17H16Cl2F2N6O/c1-8-4-13(27(23)17-24-5-9(20)6-25-17)12(22)7-26(8)16(28)10-2-3-11(21)15(19)14(10)18/h2-3,5-6,8H,4,7,22-23H2,1H3. The molecule has 2 aromatic rings. The highest BCUT2D eigenvalue weighted by Crippen LogP contribution is 2.31. The average molecular weight is 429 g/mol. The van der Waals surface area contributed by atoms with Crippen molar-refractivity contribution in [3.63, 3.8) is 0 Å². The average Bonchev–Trinajstić information content (AvgIpc) is 2.67. The highest BCUT2D eigenvalue weighted by atomic mass is 35.5. The molecule has 0 radical (unpaired) electrons. The number of hydrogen-bond donors (Lipinski definition) is 2. The normalized spacial score (nSPS) is 17.1. The number of carbonyl (C=O) groups is 1. The Hall–Kier alpha value is -2.49. The van der Waals surface area contributed by atoms with Crippen LogP contribution in [0.25, 0.3) is 0 Å². The lowest BCUT2D eigenvalue weighted by molar-refractivity contribution is 0.0695. The quantitative estimate of drug-likeness (QED) is 0.442. The zero-order chi connectivity index (χ0) is 20.6. The van der Waals surface area contributed by atoms with Crippen LogP contribution in [-0.4, -0.2) is 33.4 Å². The van der Waals surface area contributed by atoms with Gasteiger partial charge >= 0.3 is 0 Å². The van der Waals surface area contributed by atoms with Crippen molar-refractivity contribution in [2.45, 2.75) is 19.4 Å². The first-order valence-corrected chi connectivity index (χ1v) is 8.90. The lowest BCUT2D eigenvalue weighted by Crippen LogP contribution is -2.48. The summed E-state index contributed by atoms with van der Waals surface area (Å²) in [6.45, 7) is 1.85. The first-order chi connectivity index (χ1) is 13.2. The van der Waals surface area contributed by atoms with E-state index in [1.807, 2.05) is 0 Å². The molecule has 1 aliphatic heterocycles. The van der Waals surface area contributed by atoms with Gasteiger partial charge in [0.15, 0.2) is 5.82 Å². The topological polar surface area (TPSA) is 101 Å². The summed E-state index contributed by atoms with van der Waals surface area (Å²) in [6, 6.07) is 2.03. The molecule has 0 saturated heterocycles. The van der Waals surface area contributed by atoms with Crippen molar-refractivity contribution in [3.05, 3.63) is 63.2 Å². The third-order valence-electron chi connectivity index (χ3n) is 4.37. The van der Waals surface area contributed by atoms with E-state index >= 15 is 0 Å². The Morgan fingerprint density at radius 1 is 1.25 bits per heavy atom. The van der Waals surface area contributed by atoms with Crippen molar-refractivity contribution < 1.29 is 13.6 Å². The van der Waals surface area contributed by atoms with E-state index in [0.717, 1.165) is 23.5 Å². The second kappa shape index (κ2) is 7.86. The summed E-state index contributed by atoms with van der Waals surface area (Å²) < 4.78 is 26.5. The van der Waals surface area contributed by atoms with Crippen molar-refractivity contribution in [2.24, 2.45) is 11.6 Å². The van der Waals surface area contributed by atoms with Gasteiger partial charge in [-0.15, -0.1) is 0 Å². The molecule has 0 aliphatic carbocycles. The molecular weight excluding hydrogens is 413 g/mol. The van der Waals surface area contributed by atoms with Crippen molar-refractivity contribution in [1.82, 2.24) is 14.9 Å². The van der Waals surface area contributed by atoms with Crippen LogP contribution < -0.4 is 16.6 Å². The maximum Gasteiger partial charge on any atom is 0.256 e. The number of amides is 1. The summed E-state index contributed by atoms with van der Waals surface area (Å²) in [5.41, 5.74) is 7.01. The second-order valence-corrected chi connectivity index (χ2v) is 7.01. The minimum absolute atomic E-state index is 0.0511. The van der Waals surface area contributed by atoms with Crippen LogP contribution in [0.2, 0.25) is 10.0 Å². The SMILES string of the molecule is CC1CC(N(N)c2ncc(F)cn2)=C(N)CN1C(=O)c1ccc(F)c(Cl)c1Cl. The van der Waals surface area contributed by atoms with Crippen molar-refractivity contribution >= 4 is 35.1 Å². The van der Waals surface area contributed by atoms with Crippen molar-refractivity contribution in [3.8, 4) is 0 Å². The van der Waals surface area contributed by atoms with Crippen LogP contribution >= 0.6 is 23.2 Å². The Balaban J connectivity index is 1.87. The maximum absolute atomic E-state index is 13.5. The van der Waals surface area contributed by atoms with Gasteiger partial charge in [-0.25, -0.2) is 29.6 Å². The zero-order valence-corrected chi connectivity index (χ0v) is 16.2. The summed E-state index contributed by atoms with van der Waals surface area (Å²) in [5, 5.41) is 0.685. The minimum atomic E-state index is -0.713. The number of benzene rings is 1. The summed E-state index contributed by atoms with van der Waals surface area (Å²) in [6.07, 6.45) is 2.27. The predicted molar refractivity (Wildman–Crippen MR) is 101 cm³/mol. The van der Waals surface area contributed by atoms with Crippen molar-refractivity contribution in [1.29, 1.82) is 0 Å². The summed E-state index contributed by atoms with van der Waals surface area (Å²) in [4.78, 5) is 22.0. The fraction of sp³-hybridized carbons (Fsp3) is 0.235. The fourth-order valence-corrected chi connectivity index (χ4v) is 3.27. The largest absolute Gasteiger partial charge is 0.399 e. The highest BCUT2D eigenvalue weighted by molar-refractivity contribution is 6.44. The van der Waals surface area contributed by atoms with Gasteiger partial charge in [0.2, 0.25) is 5.95 Å². The molecule has 1 amide bonds. The van der Waals surface area contributed by atoms with Gasteiger partial charge in [-0.3, -0.25) is 4.79 Å². The lowest BCUT2D eigenvalue weighted by Gasteiger charge is -2.37. The van der Waals surface area contributed by atoms with E-state index in [0.29, 0.717) is 17.8 Å². The Labute approximate surface area is 169 Å². The number of anilines is 1. The second-order valence-electron chi connectivity index (χ2n) is 6.25. The Morgan fingerprint density at radius 2 is 1.89 bits per heavy atom. The molecule has 0 spiro atoms. The van der Waals surface area contributed by atoms with E-state index in [9.17, 15) is 13.6 Å². The summed E-state index contributed by atoms with van der Waals surface area (Å²) >= 11 is 11.8. The number of halogens is 4. The van der Waals surface area contributed by atoms with E-state index in [-0.39, 0.29) is 34.1 Å². The Kier molecular flexibility index (Phi) is 5.69. The highest BCUT2D eigenvalue weighted by Gasteiger charge is 2.32. The van der Waals surface area contributed by atoms with Gasteiger partial charge in [0.25, 0.3) is 5.91 Å². The third kappa shape index (κ3) is 3.73. The van der Waals surface area contributed by atoms with Gasteiger partial charge in [0, 0.05) is 18.2 Å². The van der Waals surface area contributed by atoms with Crippen LogP contribution in [-0.2, 0) is 0 Å². The molecule has 1 aliphatic rings. The number of aromatic nitrogens is 2. The minimum Gasteiger partial charge on any atom is -0.399 e. The van der Waals surface area contributed by atoms with Gasteiger partial charge in [0.05, 0.1) is 40.2 Å². The van der Waals surface area contributed by atoms with Gasteiger partial charge < -0.3 is 10.6 Å². The van der Waals surface area contributed by atoms with Crippen LogP contribution in [0, 0.1) is 11.6 Å². The van der Waals surface area contributed by atoms with Crippen LogP contribution in [0.3, 0.4) is 0 Å². The number of nitrogens with two attached hydrogens (primary N) is 2. The summed E-state index contributed by atoms with van der Waals surface area (Å²) in [5.74, 6) is 4.35. The molecule has 28 heavy (non-hydrogen) atoms. The van der Waals surface area contributed by atoms with E-state index < -0.39 is 17.5 Å². The van der Waals surface area contributed by atoms with Gasteiger partial charge in [0.1, 0.15) is 5.82 Å². The Bertz CT molecular complexity index is 953. The van der Waals surface area contributed by atoms with E-state index in [2.05, 4.69) is 9.97 Å². The Morgan fingerprint density at radius 3 is 2.54 bits per heavy atom. The molecule has 11 heteroatoms. The van der Waals surface area contributed by atoms with Crippen LogP contribution in [0.5, 0.6) is 0 Å². The number of hydrazine groups is 1. The predicted octanol–water partition coefficient (Wildman–Crippen LogP) is 2.85. The van der Waals surface area contributed by atoms with E-state index in [1.165, 1.54) is 11.0 Å². The van der Waals surface area contributed by atoms with E-state index in [1.54, 1.807) is 6.92 Å². The zero-order valence-electron chi connectivity index (χ0n) is 14.7. The third-order valence-corrected chi connectivity index (χ3v) is 5.23.